The lowest BCUT2D eigenvalue weighted by molar-refractivity contribution is 0.215. The molecule has 0 fully saturated rings. The minimum Gasteiger partial charge on any atom is -0.491 e. The van der Waals surface area contributed by atoms with Crippen molar-refractivity contribution in [1.29, 1.82) is 5.26 Å². The number of halogens is 1. The molecule has 0 bridgehead atoms. The van der Waals surface area contributed by atoms with Crippen LogP contribution < -0.4 is 25.4 Å². The van der Waals surface area contributed by atoms with E-state index in [0.717, 1.165) is 13.0 Å². The highest BCUT2D eigenvalue weighted by Gasteiger charge is 2.11. The fourth-order valence-corrected chi connectivity index (χ4v) is 3.35. The zero-order valence-electron chi connectivity index (χ0n) is 23.7. The third-order valence-electron chi connectivity index (χ3n) is 5.14. The monoisotopic (exact) mass is 614 g/mol. The van der Waals surface area contributed by atoms with Crippen LogP contribution in [0.3, 0.4) is 0 Å². The predicted molar refractivity (Wildman–Crippen MR) is 164 cm³/mol. The van der Waals surface area contributed by atoms with Gasteiger partial charge in [-0.1, -0.05) is 36.4 Å². The van der Waals surface area contributed by atoms with Crippen LogP contribution in [0, 0.1) is 17.9 Å². The zero-order valence-corrected chi connectivity index (χ0v) is 24.4. The van der Waals surface area contributed by atoms with Crippen LogP contribution in [-0.2, 0) is 0 Å². The van der Waals surface area contributed by atoms with Crippen molar-refractivity contribution in [1.82, 2.24) is 24.8 Å². The van der Waals surface area contributed by atoms with Crippen LogP contribution in [0.2, 0.25) is 5.02 Å². The van der Waals surface area contributed by atoms with Gasteiger partial charge in [0, 0.05) is 11.6 Å². The summed E-state index contributed by atoms with van der Waals surface area (Å²) in [5.41, 5.74) is 0.612. The molecule has 224 valence electrons. The Bertz CT molecular complexity index is 1610. The van der Waals surface area contributed by atoms with Gasteiger partial charge in [0.25, 0.3) is 5.82 Å². The Labute approximate surface area is 258 Å². The molecule has 4 aromatic rings. The van der Waals surface area contributed by atoms with Crippen molar-refractivity contribution in [3.63, 3.8) is 0 Å². The minimum atomic E-state index is -0.661. The fraction of sp³-hybridized carbons (Fsp3) is 0.172. The number of hydrogen-bond acceptors (Lipinski definition) is 10. The first-order valence-electron chi connectivity index (χ1n) is 12.9. The van der Waals surface area contributed by atoms with E-state index in [0.29, 0.717) is 28.8 Å². The zero-order chi connectivity index (χ0) is 31.7. The van der Waals surface area contributed by atoms with Gasteiger partial charge in [0.2, 0.25) is 0 Å². The number of amides is 3. The highest BCUT2D eigenvalue weighted by atomic mass is 35.5. The molecule has 44 heavy (non-hydrogen) atoms. The molecule has 2 heterocycles. The lowest BCUT2D eigenvalue weighted by atomic mass is 10.3. The summed E-state index contributed by atoms with van der Waals surface area (Å²) in [6, 6.07) is 15.0. The first-order chi connectivity index (χ1) is 21.2. The van der Waals surface area contributed by atoms with Crippen LogP contribution in [0.15, 0.2) is 73.3 Å². The van der Waals surface area contributed by atoms with Gasteiger partial charge < -0.3 is 24.5 Å². The van der Waals surface area contributed by atoms with Crippen molar-refractivity contribution in [3.05, 3.63) is 95.5 Å². The van der Waals surface area contributed by atoms with E-state index in [1.165, 1.54) is 24.8 Å². The summed E-state index contributed by atoms with van der Waals surface area (Å²) in [4.78, 5) is 44.2. The lowest BCUT2D eigenvalue weighted by Gasteiger charge is -2.14. The molecule has 4 rings (SSSR count). The number of carbonyl (C=O) groups excluding carboxylic acids is 2. The summed E-state index contributed by atoms with van der Waals surface area (Å²) < 4.78 is 10.7. The van der Waals surface area contributed by atoms with Crippen molar-refractivity contribution in [2.45, 2.75) is 6.42 Å². The number of hydrogen-bond donors (Lipinski definition) is 3. The number of aromatic nitrogens is 4. The summed E-state index contributed by atoms with van der Waals surface area (Å²) in [6.45, 7) is 8.12. The number of urea groups is 1. The van der Waals surface area contributed by atoms with Crippen molar-refractivity contribution < 1.29 is 19.1 Å². The summed E-state index contributed by atoms with van der Waals surface area (Å²) in [6.07, 6.45) is 5.32. The Kier molecular flexibility index (Phi) is 12.8. The van der Waals surface area contributed by atoms with Gasteiger partial charge in [-0.3, -0.25) is 10.6 Å². The summed E-state index contributed by atoms with van der Waals surface area (Å²) in [7, 11) is 3.98. The molecule has 3 amide bonds. The maximum atomic E-state index is 12.2. The van der Waals surface area contributed by atoms with E-state index in [2.05, 4.69) is 45.6 Å². The number of nitriles is 1. The second kappa shape index (κ2) is 17.2. The van der Waals surface area contributed by atoms with Gasteiger partial charge in [-0.2, -0.15) is 5.26 Å². The van der Waals surface area contributed by atoms with Crippen molar-refractivity contribution >= 4 is 46.9 Å². The number of rotatable bonds is 9. The molecule has 2 aromatic heterocycles. The largest absolute Gasteiger partial charge is 0.491 e. The first kappa shape index (κ1) is 32.7. The molecule has 15 heteroatoms. The third-order valence-corrected chi connectivity index (χ3v) is 5.38. The van der Waals surface area contributed by atoms with Crippen LogP contribution in [0.25, 0.3) is 4.85 Å². The summed E-state index contributed by atoms with van der Waals surface area (Å²) >= 11 is 6.01. The molecule has 2 aromatic carbocycles. The first-order valence-corrected chi connectivity index (χ1v) is 13.2. The van der Waals surface area contributed by atoms with Gasteiger partial charge >= 0.3 is 12.1 Å². The van der Waals surface area contributed by atoms with E-state index < -0.39 is 12.1 Å². The van der Waals surface area contributed by atoms with Gasteiger partial charge in [0.05, 0.1) is 30.9 Å². The second-order valence-electron chi connectivity index (χ2n) is 8.82. The number of nitrogens with one attached hydrogen (secondary N) is 3. The number of benzene rings is 2. The molecule has 0 aliphatic rings. The highest BCUT2D eigenvalue weighted by Crippen LogP contribution is 2.28. The average Bonchev–Trinajstić information content (AvgIpc) is 3.01. The number of nitrogens with zero attached hydrogens (tertiary/aromatic N) is 7. The minimum absolute atomic E-state index is 0.164. The molecule has 0 unspecified atom stereocenters. The van der Waals surface area contributed by atoms with Gasteiger partial charge in [-0.05, 0) is 50.8 Å². The van der Waals surface area contributed by atoms with Gasteiger partial charge in [-0.25, -0.2) is 24.5 Å². The molecular formula is C29H27ClN10O4. The Balaban J connectivity index is 0.000000257. The Morgan fingerprint density at radius 2 is 1.70 bits per heavy atom. The molecule has 0 radical (unpaired) electrons. The molecule has 0 saturated carbocycles. The van der Waals surface area contributed by atoms with E-state index in [9.17, 15) is 9.59 Å². The number of carbonyl (C=O) groups is 2. The van der Waals surface area contributed by atoms with Gasteiger partial charge in [0.15, 0.2) is 23.5 Å². The van der Waals surface area contributed by atoms with Crippen LogP contribution in [0.4, 0.5) is 32.7 Å². The van der Waals surface area contributed by atoms with Crippen LogP contribution in [-0.4, -0.2) is 64.2 Å². The normalized spacial score (nSPS) is 9.86. The van der Waals surface area contributed by atoms with Gasteiger partial charge in [-0.15, -0.1) is 4.98 Å². The maximum absolute atomic E-state index is 12.2. The molecular weight excluding hydrogens is 588 g/mol. The molecule has 0 aliphatic carbocycles. The lowest BCUT2D eigenvalue weighted by Crippen LogP contribution is -2.21. The SMILES string of the molecule is CN(C)CCCOc1ccc(Cl)cc1NC(=O)Nc1cnc(C#N)cn1.[C-]#[N+]c1cnc(NC(=O)Oc2ccccc2)cn1. The van der Waals surface area contributed by atoms with Crippen molar-refractivity contribution in [2.75, 3.05) is 43.2 Å². The van der Waals surface area contributed by atoms with Crippen molar-refractivity contribution in [2.24, 2.45) is 0 Å². The molecule has 0 saturated heterocycles. The fourth-order valence-electron chi connectivity index (χ4n) is 3.18. The Hall–Kier alpha value is -5.83. The summed E-state index contributed by atoms with van der Waals surface area (Å²) in [5.74, 6) is 1.56. The third kappa shape index (κ3) is 11.6. The van der Waals surface area contributed by atoms with Crippen LogP contribution >= 0.6 is 11.6 Å². The van der Waals surface area contributed by atoms with E-state index >= 15 is 0 Å². The maximum Gasteiger partial charge on any atom is 0.418 e. The van der Waals surface area contributed by atoms with E-state index in [1.54, 1.807) is 42.5 Å². The predicted octanol–water partition coefficient (Wildman–Crippen LogP) is 5.61. The van der Waals surface area contributed by atoms with E-state index in [-0.39, 0.29) is 23.1 Å². The number of para-hydroxylation sites is 1. The van der Waals surface area contributed by atoms with E-state index in [1.807, 2.05) is 26.2 Å². The second-order valence-corrected chi connectivity index (χ2v) is 9.26. The molecule has 0 atom stereocenters. The Morgan fingerprint density at radius 1 is 0.977 bits per heavy atom. The topological polar surface area (TPSA) is 172 Å². The quantitative estimate of drug-likeness (QED) is 0.159. The van der Waals surface area contributed by atoms with Crippen LogP contribution in [0.1, 0.15) is 12.1 Å². The standard InChI is InChI=1S/C17H19ClN6O2.C12H8N4O2/c1-24(2)6-3-7-26-15-5-4-12(18)8-14(15)22-17(25)23-16-11-20-13(9-19)10-21-16;1-13-10-7-15-11(8-14-10)16-12(17)18-9-5-3-2-4-6-9/h4-5,8,10-11H,3,6-7H2,1-2H3,(H2,21,22,23,25);2-8H,(H,15,16,17). The Morgan fingerprint density at radius 3 is 2.34 bits per heavy atom. The number of anilines is 3. The smallest absolute Gasteiger partial charge is 0.418 e. The molecule has 0 spiro atoms. The van der Waals surface area contributed by atoms with Gasteiger partial charge in [0.1, 0.15) is 17.6 Å². The molecule has 14 nitrogen and oxygen atoms in total. The molecule has 0 aliphatic heterocycles. The highest BCUT2D eigenvalue weighted by molar-refractivity contribution is 6.31. The average molecular weight is 615 g/mol. The number of ether oxygens (including phenoxy) is 2. The van der Waals surface area contributed by atoms with Crippen molar-refractivity contribution in [3.8, 4) is 17.6 Å². The van der Waals surface area contributed by atoms with Crippen LogP contribution in [0.5, 0.6) is 11.5 Å². The van der Waals surface area contributed by atoms with E-state index in [4.69, 9.17) is 32.9 Å². The molecule has 3 N–H and O–H groups in total. The summed E-state index contributed by atoms with van der Waals surface area (Å²) in [5, 5.41) is 16.8.